The summed E-state index contributed by atoms with van der Waals surface area (Å²) in [6.45, 7) is 14.4. The number of aliphatic hydroxyl groups excluding tert-OH is 1. The molecule has 5 atom stereocenters. The SMILES string of the molecule is Cc1ncsc1-c1ccc(CNC(=O)[C@@H]2C[C@@H](O)CN2C(=O)[C@@H](NC(=O)CCOCCOCCOCCOCCNC(=O)c2ccc(-c3ccc(N4C[C@@H](C)N(C)[C@@H](C)C4)c(NC(=O)c4c[nH]c(=O)cc4C(F)(F)F)c3)c(F)c2)C(C)(C)C)cc1. The molecule has 0 bridgehead atoms. The van der Waals surface area contributed by atoms with Crippen LogP contribution >= 0.6 is 11.3 Å². The number of nitrogens with zero attached hydrogens (tertiary/aromatic N) is 4. The van der Waals surface area contributed by atoms with Crippen LogP contribution in [0.25, 0.3) is 21.6 Å². The van der Waals surface area contributed by atoms with Crippen molar-refractivity contribution in [3.63, 3.8) is 0 Å². The number of H-pyrrole nitrogens is 1. The van der Waals surface area contributed by atoms with Crippen LogP contribution < -0.4 is 31.7 Å². The van der Waals surface area contributed by atoms with Crippen molar-refractivity contribution >= 4 is 52.2 Å². The predicted octanol–water partition coefficient (Wildman–Crippen LogP) is 6.41. The van der Waals surface area contributed by atoms with Gasteiger partial charge in [0, 0.05) is 81.0 Å². The summed E-state index contributed by atoms with van der Waals surface area (Å²) in [6, 6.07) is 15.0. The number of carbonyl (C=O) groups excluding carboxylic acids is 5. The van der Waals surface area contributed by atoms with Gasteiger partial charge in [0.05, 0.1) is 97.5 Å². The number of aryl methyl sites for hydroxylation is 1. The van der Waals surface area contributed by atoms with Gasteiger partial charge in [-0.15, -0.1) is 11.3 Å². The Bertz CT molecular complexity index is 3160. The number of aliphatic hydroxyl groups is 1. The topological polar surface area (TPSA) is 246 Å². The number of anilines is 2. The molecule has 0 spiro atoms. The van der Waals surface area contributed by atoms with E-state index in [9.17, 15) is 47.0 Å². The van der Waals surface area contributed by atoms with Crippen LogP contribution in [0.2, 0.25) is 0 Å². The first-order chi connectivity index (χ1) is 40.4. The predicted molar refractivity (Wildman–Crippen MR) is 313 cm³/mol. The number of aromatic nitrogens is 2. The Morgan fingerprint density at radius 1 is 0.812 bits per heavy atom. The minimum atomic E-state index is -5.00. The normalized spacial score (nSPS) is 17.8. The standard InChI is InChI=1S/C60H75F4N9O11S/c1-36-32-72(33-37(2)71(36)7)49-15-13-41(27-48(49)69-56(78)45-31-66-52(76)29-46(45)60(62,63)64)44-14-12-42(26-47(44)61)55(77)65-17-19-82-21-23-84-25-24-83-22-20-81-18-16-51(75)70-54(59(4,5)6)58(80)73-34-43(74)28-50(73)57(79)67-30-39-8-10-40(11-9-39)53-38(3)68-35-85-53/h8-15,26-27,29,31,35-37,43,50,54,74H,16-25,28,30,32-34H2,1-7H3,(H,65,77)(H,66,76)(H,67,79)(H,69,78)(H,70,75)/t36-,37+,43-,50+,54-/m1/s1. The highest BCUT2D eigenvalue weighted by molar-refractivity contribution is 7.13. The summed E-state index contributed by atoms with van der Waals surface area (Å²) in [5.41, 5.74) is 1.68. The Kier molecular flexibility index (Phi) is 22.9. The van der Waals surface area contributed by atoms with Crippen LogP contribution in [-0.4, -0.2) is 171 Å². The number of thiazole rings is 1. The van der Waals surface area contributed by atoms with E-state index in [1.807, 2.05) is 77.8 Å². The number of amides is 5. The van der Waals surface area contributed by atoms with Gasteiger partial charge >= 0.3 is 6.18 Å². The number of carbonyl (C=O) groups is 5. The van der Waals surface area contributed by atoms with E-state index in [4.69, 9.17) is 18.9 Å². The van der Waals surface area contributed by atoms with Gasteiger partial charge in [-0.1, -0.05) is 57.2 Å². The number of hydrogen-bond acceptors (Lipinski definition) is 15. The zero-order valence-corrected chi connectivity index (χ0v) is 49.6. The number of likely N-dealkylation sites (tertiary alicyclic amines) is 1. The van der Waals surface area contributed by atoms with Gasteiger partial charge in [-0.3, -0.25) is 33.7 Å². The third-order valence-corrected chi connectivity index (χ3v) is 15.8. The van der Waals surface area contributed by atoms with Gasteiger partial charge in [-0.2, -0.15) is 13.2 Å². The zero-order valence-electron chi connectivity index (χ0n) is 48.7. The molecule has 0 radical (unpaired) electrons. The second-order valence-electron chi connectivity index (χ2n) is 22.2. The molecule has 5 aromatic rings. The third kappa shape index (κ3) is 18.0. The lowest BCUT2D eigenvalue weighted by atomic mass is 9.85. The van der Waals surface area contributed by atoms with E-state index in [0.29, 0.717) is 31.0 Å². The molecule has 3 aromatic carbocycles. The Morgan fingerprint density at radius 3 is 2.06 bits per heavy atom. The number of rotatable bonds is 26. The molecule has 0 aliphatic carbocycles. The second-order valence-corrected chi connectivity index (χ2v) is 23.0. The van der Waals surface area contributed by atoms with Crippen molar-refractivity contribution in [1.82, 2.24) is 35.7 Å². The van der Waals surface area contributed by atoms with Gasteiger partial charge in [0.2, 0.25) is 23.3 Å². The van der Waals surface area contributed by atoms with Gasteiger partial charge in [0.25, 0.3) is 11.8 Å². The molecule has 85 heavy (non-hydrogen) atoms. The molecular weight excluding hydrogens is 1130 g/mol. The lowest BCUT2D eigenvalue weighted by Crippen LogP contribution is -2.57. The molecule has 4 heterocycles. The lowest BCUT2D eigenvalue weighted by molar-refractivity contribution is -0.144. The number of alkyl halides is 3. The van der Waals surface area contributed by atoms with E-state index in [1.54, 1.807) is 29.0 Å². The molecule has 6 N–H and O–H groups in total. The van der Waals surface area contributed by atoms with E-state index >= 15 is 4.39 Å². The summed E-state index contributed by atoms with van der Waals surface area (Å²) < 4.78 is 79.9. The van der Waals surface area contributed by atoms with Gasteiger partial charge < -0.3 is 60.1 Å². The largest absolute Gasteiger partial charge is 0.417 e. The molecule has 2 fully saturated rings. The number of halogens is 4. The highest BCUT2D eigenvalue weighted by Crippen LogP contribution is 2.37. The summed E-state index contributed by atoms with van der Waals surface area (Å²) >= 11 is 1.55. The smallest absolute Gasteiger partial charge is 0.391 e. The molecule has 2 aromatic heterocycles. The monoisotopic (exact) mass is 1210 g/mol. The molecule has 20 nitrogen and oxygen atoms in total. The Hall–Kier alpha value is -7.13. The fourth-order valence-corrected chi connectivity index (χ4v) is 10.7. The number of β-amino-alcohol motifs (C(OH)–C–C–N with tert-alkyl or cyclic N) is 1. The fourth-order valence-electron chi connectivity index (χ4n) is 9.93. The Labute approximate surface area is 494 Å². The first kappa shape index (κ1) is 65.4. The number of pyridine rings is 1. The summed E-state index contributed by atoms with van der Waals surface area (Å²) in [7, 11) is 1.98. The molecule has 0 saturated carbocycles. The molecule has 7 rings (SSSR count). The molecule has 2 aliphatic rings. The van der Waals surface area contributed by atoms with Gasteiger partial charge in [-0.25, -0.2) is 9.37 Å². The third-order valence-electron chi connectivity index (χ3n) is 14.8. The highest BCUT2D eigenvalue weighted by atomic mass is 32.1. The van der Waals surface area contributed by atoms with Gasteiger partial charge in [-0.05, 0) is 74.2 Å². The minimum Gasteiger partial charge on any atom is -0.391 e. The van der Waals surface area contributed by atoms with E-state index in [-0.39, 0.29) is 120 Å². The summed E-state index contributed by atoms with van der Waals surface area (Å²) in [4.78, 5) is 91.8. The average Bonchev–Trinajstić information content (AvgIpc) is 2.90. The van der Waals surface area contributed by atoms with Crippen molar-refractivity contribution in [3.8, 4) is 21.6 Å². The Morgan fingerprint density at radius 2 is 1.45 bits per heavy atom. The van der Waals surface area contributed by atoms with Crippen LogP contribution in [0.15, 0.2) is 83.2 Å². The number of hydrogen-bond donors (Lipinski definition) is 6. The number of piperazine rings is 1. The van der Waals surface area contributed by atoms with Crippen molar-refractivity contribution < 1.29 is 65.6 Å². The molecule has 5 amide bonds. The van der Waals surface area contributed by atoms with Gasteiger partial charge in [0.15, 0.2) is 0 Å². The maximum Gasteiger partial charge on any atom is 0.417 e. The fraction of sp³-hybridized carbons (Fsp3) is 0.483. The van der Waals surface area contributed by atoms with Crippen LogP contribution in [0.5, 0.6) is 0 Å². The van der Waals surface area contributed by atoms with Crippen molar-refractivity contribution in [2.45, 2.75) is 97.4 Å². The van der Waals surface area contributed by atoms with Crippen LogP contribution in [0.1, 0.15) is 85.0 Å². The van der Waals surface area contributed by atoms with E-state index in [1.165, 1.54) is 23.1 Å². The van der Waals surface area contributed by atoms with Crippen LogP contribution in [0, 0.1) is 18.2 Å². The van der Waals surface area contributed by atoms with Crippen LogP contribution in [-0.2, 0) is 46.1 Å². The van der Waals surface area contributed by atoms with Crippen LogP contribution in [0.3, 0.4) is 0 Å². The van der Waals surface area contributed by atoms with Crippen LogP contribution in [0.4, 0.5) is 28.9 Å². The number of ether oxygens (including phenoxy) is 4. The molecule has 2 saturated heterocycles. The molecule has 2 aliphatic heterocycles. The summed E-state index contributed by atoms with van der Waals surface area (Å²) in [6.07, 6.45) is -5.14. The Balaban J connectivity index is 0.767. The first-order valence-corrected chi connectivity index (χ1v) is 28.9. The van der Waals surface area contributed by atoms with Gasteiger partial charge in [0.1, 0.15) is 17.9 Å². The number of nitrogens with one attached hydrogen (secondary N) is 5. The first-order valence-electron chi connectivity index (χ1n) is 28.1. The summed E-state index contributed by atoms with van der Waals surface area (Å²) in [5.74, 6) is -3.72. The lowest BCUT2D eigenvalue weighted by Gasteiger charge is -2.44. The minimum absolute atomic E-state index is 0.0258. The number of aromatic amines is 1. The number of benzene rings is 3. The maximum atomic E-state index is 15.8. The molecule has 0 unspecified atom stereocenters. The quantitative estimate of drug-likeness (QED) is 0.0259. The molecule has 25 heteroatoms. The second kappa shape index (κ2) is 29.8. The zero-order chi connectivity index (χ0) is 61.6. The van der Waals surface area contributed by atoms with Crippen molar-refractivity contribution in [2.24, 2.45) is 5.41 Å². The summed E-state index contributed by atoms with van der Waals surface area (Å²) in [5, 5.41) is 21.6. The molecule has 460 valence electrons. The van der Waals surface area contributed by atoms with E-state index in [0.717, 1.165) is 27.8 Å². The van der Waals surface area contributed by atoms with Crippen molar-refractivity contribution in [2.75, 3.05) is 96.3 Å². The van der Waals surface area contributed by atoms with Crippen molar-refractivity contribution in [3.05, 3.63) is 123 Å². The van der Waals surface area contributed by atoms with E-state index < -0.39 is 81.8 Å². The molecular formula is C60H75F4N9O11S. The average molecular weight is 1210 g/mol. The highest BCUT2D eigenvalue weighted by Gasteiger charge is 2.44. The van der Waals surface area contributed by atoms with Crippen molar-refractivity contribution in [1.29, 1.82) is 0 Å². The number of likely N-dealkylation sites (N-methyl/N-ethyl adjacent to an activating group) is 1. The maximum absolute atomic E-state index is 15.8. The van der Waals surface area contributed by atoms with E-state index in [2.05, 4.69) is 36.1 Å².